The molecule has 0 heterocycles. The molecule has 1 nitrogen and oxygen atoms in total. The third-order valence-electron chi connectivity index (χ3n) is 2.80. The molecule has 1 rings (SSSR count). The number of Topliss-reactive ketones (excluding diaryl/α,β-unsaturated/α-hetero) is 1. The average Bonchev–Trinajstić information content (AvgIpc) is 1.92. The summed E-state index contributed by atoms with van der Waals surface area (Å²) >= 11 is 3.44. The van der Waals surface area contributed by atoms with E-state index in [1.165, 1.54) is 0 Å². The highest BCUT2D eigenvalue weighted by Gasteiger charge is 2.33. The third kappa shape index (κ3) is 2.32. The molecule has 2 heteroatoms. The van der Waals surface area contributed by atoms with E-state index < -0.39 is 0 Å². The van der Waals surface area contributed by atoms with Gasteiger partial charge in [0.25, 0.3) is 0 Å². The Balaban J connectivity index is 2.57. The first-order valence-corrected chi connectivity index (χ1v) is 5.49. The van der Waals surface area contributed by atoms with E-state index in [-0.39, 0.29) is 4.83 Å². The summed E-state index contributed by atoms with van der Waals surface area (Å²) in [4.78, 5) is 11.3. The Labute approximate surface area is 83.0 Å². The Hall–Kier alpha value is 0.150. The molecule has 0 amide bonds. The van der Waals surface area contributed by atoms with Crippen molar-refractivity contribution in [3.63, 3.8) is 0 Å². The predicted octanol–water partition coefficient (Wildman–Crippen LogP) is 3.17. The number of carbonyl (C=O) groups is 1. The average molecular weight is 233 g/mol. The normalized spacial score (nSPS) is 32.2. The minimum atomic E-state index is 0.121. The van der Waals surface area contributed by atoms with Gasteiger partial charge in [0, 0.05) is 6.42 Å². The van der Waals surface area contributed by atoms with Crippen molar-refractivity contribution >= 4 is 21.7 Å². The van der Waals surface area contributed by atoms with E-state index >= 15 is 0 Å². The maximum absolute atomic E-state index is 11.2. The molecule has 2 atom stereocenters. The van der Waals surface area contributed by atoms with Gasteiger partial charge in [0.05, 0.1) is 4.83 Å². The van der Waals surface area contributed by atoms with E-state index in [9.17, 15) is 4.79 Å². The quantitative estimate of drug-likeness (QED) is 0.587. The number of alkyl halides is 1. The first-order valence-electron chi connectivity index (χ1n) is 4.58. The minimum Gasteiger partial charge on any atom is -0.298 e. The zero-order valence-corrected chi connectivity index (χ0v) is 9.65. The van der Waals surface area contributed by atoms with E-state index in [0.29, 0.717) is 17.1 Å². The lowest BCUT2D eigenvalue weighted by molar-refractivity contribution is -0.120. The van der Waals surface area contributed by atoms with Crippen molar-refractivity contribution in [2.24, 2.45) is 11.3 Å². The van der Waals surface area contributed by atoms with Crippen LogP contribution in [0.25, 0.3) is 0 Å². The summed E-state index contributed by atoms with van der Waals surface area (Å²) in [6.07, 6.45) is 2.85. The van der Waals surface area contributed by atoms with Gasteiger partial charge in [-0.2, -0.15) is 0 Å². The molecule has 1 aliphatic rings. The lowest BCUT2D eigenvalue weighted by atomic mass is 9.72. The molecule has 1 fully saturated rings. The SMILES string of the molecule is CC(C)(C)C1CCC(=O)C(Br)C1. The minimum absolute atomic E-state index is 0.121. The molecule has 12 heavy (non-hydrogen) atoms. The second-order valence-electron chi connectivity index (χ2n) is 4.77. The Morgan fingerprint density at radius 1 is 1.42 bits per heavy atom. The number of rotatable bonds is 0. The van der Waals surface area contributed by atoms with E-state index in [0.717, 1.165) is 19.3 Å². The Morgan fingerprint density at radius 3 is 2.42 bits per heavy atom. The molecule has 1 aliphatic carbocycles. The second kappa shape index (κ2) is 3.49. The van der Waals surface area contributed by atoms with Gasteiger partial charge in [-0.25, -0.2) is 0 Å². The number of ketones is 1. The molecule has 0 N–H and O–H groups in total. The fourth-order valence-corrected chi connectivity index (χ4v) is 2.44. The van der Waals surface area contributed by atoms with Crippen LogP contribution in [0.5, 0.6) is 0 Å². The Morgan fingerprint density at radius 2 is 2.00 bits per heavy atom. The molecule has 1 saturated carbocycles. The van der Waals surface area contributed by atoms with Crippen molar-refractivity contribution in [3.05, 3.63) is 0 Å². The lowest BCUT2D eigenvalue weighted by Gasteiger charge is -2.35. The molecule has 0 aromatic heterocycles. The van der Waals surface area contributed by atoms with Crippen molar-refractivity contribution in [1.82, 2.24) is 0 Å². The summed E-state index contributed by atoms with van der Waals surface area (Å²) in [5.41, 5.74) is 0.354. The van der Waals surface area contributed by atoms with Crippen LogP contribution in [0.2, 0.25) is 0 Å². The van der Waals surface area contributed by atoms with Crippen LogP contribution in [0.15, 0.2) is 0 Å². The smallest absolute Gasteiger partial charge is 0.146 e. The van der Waals surface area contributed by atoms with Crippen LogP contribution >= 0.6 is 15.9 Å². The molecule has 2 unspecified atom stereocenters. The van der Waals surface area contributed by atoms with Gasteiger partial charge in [-0.1, -0.05) is 36.7 Å². The zero-order chi connectivity index (χ0) is 9.35. The fraction of sp³-hybridized carbons (Fsp3) is 0.900. The Kier molecular flexibility index (Phi) is 2.97. The molecular weight excluding hydrogens is 216 g/mol. The Bertz CT molecular complexity index is 181. The van der Waals surface area contributed by atoms with Crippen LogP contribution in [0.4, 0.5) is 0 Å². The van der Waals surface area contributed by atoms with Crippen LogP contribution in [-0.2, 0) is 4.79 Å². The maximum Gasteiger partial charge on any atom is 0.146 e. The summed E-state index contributed by atoms with van der Waals surface area (Å²) < 4.78 is 0. The molecular formula is C10H17BrO. The van der Waals surface area contributed by atoms with Gasteiger partial charge in [-0.15, -0.1) is 0 Å². The summed E-state index contributed by atoms with van der Waals surface area (Å²) in [5, 5.41) is 0. The van der Waals surface area contributed by atoms with E-state index in [2.05, 4.69) is 36.7 Å². The van der Waals surface area contributed by atoms with Gasteiger partial charge in [0.15, 0.2) is 0 Å². The van der Waals surface area contributed by atoms with Gasteiger partial charge >= 0.3 is 0 Å². The van der Waals surface area contributed by atoms with Crippen molar-refractivity contribution in [3.8, 4) is 0 Å². The van der Waals surface area contributed by atoms with E-state index in [1.54, 1.807) is 0 Å². The number of carbonyl (C=O) groups excluding carboxylic acids is 1. The molecule has 0 radical (unpaired) electrons. The highest BCUT2D eigenvalue weighted by molar-refractivity contribution is 9.10. The number of halogens is 1. The predicted molar refractivity (Wildman–Crippen MR) is 54.5 cm³/mol. The molecule has 0 spiro atoms. The molecule has 0 aromatic carbocycles. The van der Waals surface area contributed by atoms with Crippen molar-refractivity contribution < 1.29 is 4.79 Å². The molecule has 0 saturated heterocycles. The standard InChI is InChI=1S/C10H17BrO/c1-10(2,3)7-4-5-9(12)8(11)6-7/h7-8H,4-6H2,1-3H3. The van der Waals surface area contributed by atoms with Crippen LogP contribution in [0, 0.1) is 11.3 Å². The summed E-state index contributed by atoms with van der Waals surface area (Å²) in [7, 11) is 0. The largest absolute Gasteiger partial charge is 0.298 e. The van der Waals surface area contributed by atoms with Crippen LogP contribution in [-0.4, -0.2) is 10.6 Å². The first-order chi connectivity index (χ1) is 5.41. The molecule has 0 aromatic rings. The highest BCUT2D eigenvalue weighted by atomic mass is 79.9. The van der Waals surface area contributed by atoms with Crippen molar-refractivity contribution in [2.45, 2.75) is 44.9 Å². The summed E-state index contributed by atoms with van der Waals surface area (Å²) in [5.74, 6) is 1.08. The summed E-state index contributed by atoms with van der Waals surface area (Å²) in [6, 6.07) is 0. The van der Waals surface area contributed by atoms with Crippen LogP contribution in [0.3, 0.4) is 0 Å². The zero-order valence-electron chi connectivity index (χ0n) is 8.06. The van der Waals surface area contributed by atoms with Crippen LogP contribution in [0.1, 0.15) is 40.0 Å². The number of hydrogen-bond acceptors (Lipinski definition) is 1. The fourth-order valence-electron chi connectivity index (χ4n) is 1.76. The van der Waals surface area contributed by atoms with Crippen molar-refractivity contribution in [2.75, 3.05) is 0 Å². The van der Waals surface area contributed by atoms with Gasteiger partial charge in [-0.3, -0.25) is 4.79 Å². The second-order valence-corrected chi connectivity index (χ2v) is 5.88. The van der Waals surface area contributed by atoms with Crippen LogP contribution < -0.4 is 0 Å². The highest BCUT2D eigenvalue weighted by Crippen LogP contribution is 2.38. The van der Waals surface area contributed by atoms with E-state index in [4.69, 9.17) is 0 Å². The number of hydrogen-bond donors (Lipinski definition) is 0. The maximum atomic E-state index is 11.2. The van der Waals surface area contributed by atoms with Gasteiger partial charge in [-0.05, 0) is 24.2 Å². The topological polar surface area (TPSA) is 17.1 Å². The monoisotopic (exact) mass is 232 g/mol. The lowest BCUT2D eigenvalue weighted by Crippen LogP contribution is -2.32. The first kappa shape index (κ1) is 10.2. The molecule has 0 bridgehead atoms. The van der Waals surface area contributed by atoms with Gasteiger partial charge in [0.1, 0.15) is 5.78 Å². The van der Waals surface area contributed by atoms with Gasteiger partial charge < -0.3 is 0 Å². The van der Waals surface area contributed by atoms with E-state index in [1.807, 2.05) is 0 Å². The third-order valence-corrected chi connectivity index (χ3v) is 3.69. The molecule has 0 aliphatic heterocycles. The van der Waals surface area contributed by atoms with Crippen molar-refractivity contribution in [1.29, 1.82) is 0 Å². The molecule has 70 valence electrons. The summed E-state index contributed by atoms with van der Waals surface area (Å²) in [6.45, 7) is 6.77. The van der Waals surface area contributed by atoms with Gasteiger partial charge in [0.2, 0.25) is 0 Å².